The molecule has 1 rings (SSSR count). The van der Waals surface area contributed by atoms with E-state index >= 15 is 0 Å². The Morgan fingerprint density at radius 2 is 1.96 bits per heavy atom. The van der Waals surface area contributed by atoms with Gasteiger partial charge in [-0.05, 0) is 61.9 Å². The standard InChI is InChI=1S/C17H28N4O5S/c1-10-8-15(26-4)12(3)11(2)13(10)9-27(24,25)21-14(16(22)23)6-5-7-20-17(18)19/h8,14,21H,5-7,9H2,1-4H3,(H,22,23)(H4,18,19,20)/t14-/m0/s1. The zero-order valence-corrected chi connectivity index (χ0v) is 16.9. The number of hydrogen-bond acceptors (Lipinski definition) is 5. The summed E-state index contributed by atoms with van der Waals surface area (Å²) in [5, 5.41) is 18.9. The van der Waals surface area contributed by atoms with E-state index in [-0.39, 0.29) is 24.7 Å². The molecule has 0 saturated heterocycles. The molecule has 0 aromatic heterocycles. The quantitative estimate of drug-likeness (QED) is 0.220. The van der Waals surface area contributed by atoms with Crippen LogP contribution in [0.5, 0.6) is 5.75 Å². The van der Waals surface area contributed by atoms with Gasteiger partial charge in [-0.2, -0.15) is 0 Å². The highest BCUT2D eigenvalue weighted by Crippen LogP contribution is 2.28. The fourth-order valence-corrected chi connectivity index (χ4v) is 4.30. The van der Waals surface area contributed by atoms with Crippen molar-refractivity contribution in [3.8, 4) is 5.75 Å². The summed E-state index contributed by atoms with van der Waals surface area (Å²) in [6.45, 7) is 5.75. The molecule has 0 aliphatic carbocycles. The van der Waals surface area contributed by atoms with Crippen LogP contribution in [0.2, 0.25) is 0 Å². The minimum Gasteiger partial charge on any atom is -0.496 e. The predicted molar refractivity (Wildman–Crippen MR) is 104 cm³/mol. The molecule has 152 valence electrons. The van der Waals surface area contributed by atoms with E-state index in [2.05, 4.69) is 10.0 Å². The molecule has 0 fully saturated rings. The molecule has 1 atom stereocenters. The Balaban J connectivity index is 2.91. The first-order chi connectivity index (χ1) is 12.5. The maximum absolute atomic E-state index is 12.6. The molecule has 0 saturated carbocycles. The Kier molecular flexibility index (Phi) is 8.04. The Bertz CT molecular complexity index is 808. The summed E-state index contributed by atoms with van der Waals surface area (Å²) in [4.78, 5) is 11.4. The van der Waals surface area contributed by atoms with Crippen molar-refractivity contribution in [2.75, 3.05) is 13.7 Å². The minimum absolute atomic E-state index is 0.0778. The molecule has 27 heavy (non-hydrogen) atoms. The first kappa shape index (κ1) is 22.7. The van der Waals surface area contributed by atoms with Crippen LogP contribution in [0, 0.1) is 26.2 Å². The van der Waals surface area contributed by atoms with Gasteiger partial charge in [-0.3, -0.25) is 10.2 Å². The normalized spacial score (nSPS) is 12.4. The summed E-state index contributed by atoms with van der Waals surface area (Å²) in [5.41, 5.74) is 8.19. The van der Waals surface area contributed by atoms with Crippen molar-refractivity contribution in [2.24, 2.45) is 5.73 Å². The minimum atomic E-state index is -3.87. The monoisotopic (exact) mass is 400 g/mol. The second kappa shape index (κ2) is 9.56. The summed E-state index contributed by atoms with van der Waals surface area (Å²) >= 11 is 0. The molecule has 9 nitrogen and oxygen atoms in total. The Hall–Kier alpha value is -2.33. The second-order valence-electron chi connectivity index (χ2n) is 6.37. The lowest BCUT2D eigenvalue weighted by Gasteiger charge is -2.18. The lowest BCUT2D eigenvalue weighted by atomic mass is 9.99. The average molecular weight is 401 g/mol. The van der Waals surface area contributed by atoms with Gasteiger partial charge in [-0.25, -0.2) is 13.1 Å². The van der Waals surface area contributed by atoms with Gasteiger partial charge in [0.05, 0.1) is 12.9 Å². The van der Waals surface area contributed by atoms with Crippen LogP contribution in [0.4, 0.5) is 0 Å². The third-order valence-corrected chi connectivity index (χ3v) is 5.68. The molecule has 1 aromatic rings. The number of carboxylic acid groups (broad SMARTS) is 1. The fraction of sp³-hybridized carbons (Fsp3) is 0.529. The number of methoxy groups -OCH3 is 1. The number of carbonyl (C=O) groups is 1. The third kappa shape index (κ3) is 6.72. The first-order valence-electron chi connectivity index (χ1n) is 8.42. The highest BCUT2D eigenvalue weighted by molar-refractivity contribution is 7.88. The van der Waals surface area contributed by atoms with Crippen LogP contribution in [0.25, 0.3) is 0 Å². The molecule has 1 aromatic carbocycles. The number of rotatable bonds is 10. The van der Waals surface area contributed by atoms with Gasteiger partial charge < -0.3 is 20.9 Å². The van der Waals surface area contributed by atoms with Gasteiger partial charge in [0.25, 0.3) is 0 Å². The first-order valence-corrected chi connectivity index (χ1v) is 10.1. The lowest BCUT2D eigenvalue weighted by Crippen LogP contribution is -2.42. The van der Waals surface area contributed by atoms with Gasteiger partial charge in [0.1, 0.15) is 11.8 Å². The highest BCUT2D eigenvalue weighted by atomic mass is 32.2. The SMILES string of the molecule is COc1cc(C)c(CS(=O)(=O)N[C@@H](CCCNC(=N)N)C(=O)O)c(C)c1C. The van der Waals surface area contributed by atoms with Crippen molar-refractivity contribution in [3.63, 3.8) is 0 Å². The van der Waals surface area contributed by atoms with Crippen molar-refractivity contribution in [1.29, 1.82) is 5.41 Å². The summed E-state index contributed by atoms with van der Waals surface area (Å²) in [6, 6.07) is 0.527. The maximum atomic E-state index is 12.6. The molecule has 0 heterocycles. The zero-order chi connectivity index (χ0) is 20.8. The molecule has 0 unspecified atom stereocenters. The number of nitrogens with one attached hydrogen (secondary N) is 3. The van der Waals surface area contributed by atoms with Crippen LogP contribution < -0.4 is 20.5 Å². The van der Waals surface area contributed by atoms with E-state index in [0.29, 0.717) is 17.7 Å². The third-order valence-electron chi connectivity index (χ3n) is 4.37. The van der Waals surface area contributed by atoms with Gasteiger partial charge in [-0.1, -0.05) is 0 Å². The van der Waals surface area contributed by atoms with Crippen molar-refractivity contribution < 1.29 is 23.1 Å². The molecule has 0 bridgehead atoms. The van der Waals surface area contributed by atoms with E-state index in [1.54, 1.807) is 20.1 Å². The van der Waals surface area contributed by atoms with Gasteiger partial charge in [0.2, 0.25) is 10.0 Å². The number of hydrogen-bond donors (Lipinski definition) is 5. The number of nitrogens with two attached hydrogens (primary N) is 1. The van der Waals surface area contributed by atoms with Crippen LogP contribution in [-0.2, 0) is 20.6 Å². The molecule has 10 heteroatoms. The molecular formula is C17H28N4O5S. The van der Waals surface area contributed by atoms with Crippen LogP contribution in [-0.4, -0.2) is 45.1 Å². The van der Waals surface area contributed by atoms with E-state index in [1.807, 2.05) is 13.8 Å². The number of benzene rings is 1. The van der Waals surface area contributed by atoms with Crippen molar-refractivity contribution in [3.05, 3.63) is 28.3 Å². The largest absolute Gasteiger partial charge is 0.496 e. The topological polar surface area (TPSA) is 155 Å². The van der Waals surface area contributed by atoms with E-state index in [1.165, 1.54) is 0 Å². The van der Waals surface area contributed by atoms with E-state index in [0.717, 1.165) is 16.7 Å². The average Bonchev–Trinajstić information content (AvgIpc) is 2.57. The summed E-state index contributed by atoms with van der Waals surface area (Å²) < 4.78 is 32.6. The predicted octanol–water partition coefficient (Wildman–Crippen LogP) is 0.756. The summed E-state index contributed by atoms with van der Waals surface area (Å²) in [6.07, 6.45) is 0.424. The van der Waals surface area contributed by atoms with Gasteiger partial charge in [-0.15, -0.1) is 0 Å². The number of guanidine groups is 1. The Morgan fingerprint density at radius 1 is 1.33 bits per heavy atom. The summed E-state index contributed by atoms with van der Waals surface area (Å²) in [7, 11) is -2.32. The number of carboxylic acids is 1. The maximum Gasteiger partial charge on any atom is 0.321 e. The van der Waals surface area contributed by atoms with Crippen molar-refractivity contribution in [2.45, 2.75) is 45.4 Å². The van der Waals surface area contributed by atoms with E-state index in [4.69, 9.17) is 15.9 Å². The Labute approximate surface area is 159 Å². The molecule has 0 aliphatic rings. The van der Waals surface area contributed by atoms with E-state index < -0.39 is 22.0 Å². The van der Waals surface area contributed by atoms with E-state index in [9.17, 15) is 18.3 Å². The fourth-order valence-electron chi connectivity index (χ4n) is 2.74. The second-order valence-corrected chi connectivity index (χ2v) is 8.13. The van der Waals surface area contributed by atoms with Crippen LogP contribution in [0.15, 0.2) is 6.07 Å². The van der Waals surface area contributed by atoms with Gasteiger partial charge >= 0.3 is 5.97 Å². The van der Waals surface area contributed by atoms with Gasteiger partial charge in [0.15, 0.2) is 5.96 Å². The zero-order valence-electron chi connectivity index (χ0n) is 16.0. The van der Waals surface area contributed by atoms with Crippen LogP contribution in [0.3, 0.4) is 0 Å². The lowest BCUT2D eigenvalue weighted by molar-refractivity contribution is -0.139. The molecule has 0 aliphatic heterocycles. The van der Waals surface area contributed by atoms with Crippen molar-refractivity contribution >= 4 is 22.0 Å². The number of aryl methyl sites for hydroxylation is 1. The van der Waals surface area contributed by atoms with Crippen LogP contribution >= 0.6 is 0 Å². The number of sulfonamides is 1. The van der Waals surface area contributed by atoms with Crippen molar-refractivity contribution in [1.82, 2.24) is 10.0 Å². The number of ether oxygens (including phenoxy) is 1. The molecule has 0 radical (unpaired) electrons. The highest BCUT2D eigenvalue weighted by Gasteiger charge is 2.25. The smallest absolute Gasteiger partial charge is 0.321 e. The molecule has 0 amide bonds. The Morgan fingerprint density at radius 3 is 2.48 bits per heavy atom. The number of aliphatic carboxylic acids is 1. The molecular weight excluding hydrogens is 372 g/mol. The molecule has 0 spiro atoms. The van der Waals surface area contributed by atoms with Crippen LogP contribution in [0.1, 0.15) is 35.1 Å². The van der Waals surface area contributed by atoms with Gasteiger partial charge in [0, 0.05) is 6.54 Å². The molecule has 6 N–H and O–H groups in total. The summed E-state index contributed by atoms with van der Waals surface area (Å²) in [5.74, 6) is -1.10.